The molecule has 1 aromatic rings. The SMILES string of the molecule is CCC(NCC(O)C(C)C)c1cc(C)ccc1OC. The Morgan fingerprint density at radius 2 is 2.00 bits per heavy atom. The number of nitrogens with one attached hydrogen (secondary N) is 1. The molecule has 108 valence electrons. The first kappa shape index (κ1) is 16.0. The summed E-state index contributed by atoms with van der Waals surface area (Å²) >= 11 is 0. The fourth-order valence-electron chi connectivity index (χ4n) is 2.10. The monoisotopic (exact) mass is 265 g/mol. The van der Waals surface area contributed by atoms with E-state index in [1.807, 2.05) is 19.9 Å². The summed E-state index contributed by atoms with van der Waals surface area (Å²) in [5, 5.41) is 13.3. The summed E-state index contributed by atoms with van der Waals surface area (Å²) in [6, 6.07) is 6.43. The standard InChI is InChI=1S/C16H27NO2/c1-6-14(17-10-15(18)11(2)3)13-9-12(4)7-8-16(13)19-5/h7-9,11,14-15,17-18H,6,10H2,1-5H3. The zero-order valence-electron chi connectivity index (χ0n) is 12.7. The van der Waals surface area contributed by atoms with Crippen LogP contribution in [-0.2, 0) is 0 Å². The average Bonchev–Trinajstić information content (AvgIpc) is 2.39. The minimum Gasteiger partial charge on any atom is -0.496 e. The molecule has 0 saturated heterocycles. The number of aryl methyl sites for hydroxylation is 1. The Labute approximate surface area is 117 Å². The van der Waals surface area contributed by atoms with Gasteiger partial charge in [-0.05, 0) is 25.3 Å². The van der Waals surface area contributed by atoms with Gasteiger partial charge in [0, 0.05) is 18.2 Å². The van der Waals surface area contributed by atoms with Crippen molar-refractivity contribution in [3.63, 3.8) is 0 Å². The second kappa shape index (κ2) is 7.51. The van der Waals surface area contributed by atoms with Crippen LogP contribution in [0.15, 0.2) is 18.2 Å². The van der Waals surface area contributed by atoms with E-state index in [9.17, 15) is 5.11 Å². The summed E-state index contributed by atoms with van der Waals surface area (Å²) in [6.07, 6.45) is 0.648. The molecule has 0 aromatic heterocycles. The second-order valence-electron chi connectivity index (χ2n) is 5.43. The summed E-state index contributed by atoms with van der Waals surface area (Å²) in [4.78, 5) is 0. The Morgan fingerprint density at radius 3 is 2.53 bits per heavy atom. The fraction of sp³-hybridized carbons (Fsp3) is 0.625. The third kappa shape index (κ3) is 4.51. The number of benzene rings is 1. The highest BCUT2D eigenvalue weighted by Gasteiger charge is 2.17. The number of aliphatic hydroxyl groups is 1. The van der Waals surface area contributed by atoms with Gasteiger partial charge in [0.2, 0.25) is 0 Å². The molecule has 0 aliphatic rings. The molecule has 0 heterocycles. The average molecular weight is 265 g/mol. The predicted molar refractivity (Wildman–Crippen MR) is 79.6 cm³/mol. The molecule has 0 aliphatic heterocycles. The van der Waals surface area contributed by atoms with Crippen molar-refractivity contribution in [2.24, 2.45) is 5.92 Å². The molecule has 0 spiro atoms. The molecule has 0 aliphatic carbocycles. The normalized spacial score (nSPS) is 14.5. The third-order valence-corrected chi connectivity index (χ3v) is 3.51. The largest absolute Gasteiger partial charge is 0.496 e. The van der Waals surface area contributed by atoms with E-state index in [0.717, 1.165) is 12.2 Å². The molecule has 0 amide bonds. The number of ether oxygens (including phenoxy) is 1. The molecule has 2 atom stereocenters. The molecule has 0 bridgehead atoms. The molecular formula is C16H27NO2. The van der Waals surface area contributed by atoms with Crippen LogP contribution >= 0.6 is 0 Å². The second-order valence-corrected chi connectivity index (χ2v) is 5.43. The van der Waals surface area contributed by atoms with E-state index in [1.54, 1.807) is 7.11 Å². The van der Waals surface area contributed by atoms with Crippen molar-refractivity contribution in [1.82, 2.24) is 5.32 Å². The van der Waals surface area contributed by atoms with Gasteiger partial charge in [-0.2, -0.15) is 0 Å². The Balaban J connectivity index is 2.82. The molecule has 3 nitrogen and oxygen atoms in total. The van der Waals surface area contributed by atoms with E-state index >= 15 is 0 Å². The van der Waals surface area contributed by atoms with Crippen LogP contribution in [0.4, 0.5) is 0 Å². The minimum atomic E-state index is -0.315. The zero-order valence-corrected chi connectivity index (χ0v) is 12.7. The number of hydrogen-bond acceptors (Lipinski definition) is 3. The van der Waals surface area contributed by atoms with Crippen LogP contribution in [0.3, 0.4) is 0 Å². The fourth-order valence-corrected chi connectivity index (χ4v) is 2.10. The Hall–Kier alpha value is -1.06. The quantitative estimate of drug-likeness (QED) is 0.796. The molecule has 19 heavy (non-hydrogen) atoms. The maximum absolute atomic E-state index is 9.91. The lowest BCUT2D eigenvalue weighted by atomic mass is 10.00. The van der Waals surface area contributed by atoms with Crippen molar-refractivity contribution in [3.05, 3.63) is 29.3 Å². The first-order valence-electron chi connectivity index (χ1n) is 7.05. The van der Waals surface area contributed by atoms with Crippen molar-refractivity contribution >= 4 is 0 Å². The maximum atomic E-state index is 9.91. The van der Waals surface area contributed by atoms with E-state index < -0.39 is 0 Å². The van der Waals surface area contributed by atoms with Crippen LogP contribution in [-0.4, -0.2) is 24.9 Å². The van der Waals surface area contributed by atoms with Gasteiger partial charge in [-0.3, -0.25) is 0 Å². The number of methoxy groups -OCH3 is 1. The van der Waals surface area contributed by atoms with Gasteiger partial charge < -0.3 is 15.2 Å². The molecule has 0 radical (unpaired) electrons. The van der Waals surface area contributed by atoms with E-state index in [1.165, 1.54) is 11.1 Å². The van der Waals surface area contributed by atoms with E-state index in [2.05, 4.69) is 31.3 Å². The Morgan fingerprint density at radius 1 is 1.32 bits per heavy atom. The van der Waals surface area contributed by atoms with Gasteiger partial charge in [0.25, 0.3) is 0 Å². The smallest absolute Gasteiger partial charge is 0.123 e. The highest BCUT2D eigenvalue weighted by atomic mass is 16.5. The summed E-state index contributed by atoms with van der Waals surface area (Å²) in [6.45, 7) is 8.88. The lowest BCUT2D eigenvalue weighted by Crippen LogP contribution is -2.33. The lowest BCUT2D eigenvalue weighted by Gasteiger charge is -2.23. The summed E-state index contributed by atoms with van der Waals surface area (Å²) < 4.78 is 5.43. The first-order valence-corrected chi connectivity index (χ1v) is 7.05. The van der Waals surface area contributed by atoms with Gasteiger partial charge in [0.05, 0.1) is 13.2 Å². The van der Waals surface area contributed by atoms with Gasteiger partial charge >= 0.3 is 0 Å². The first-order chi connectivity index (χ1) is 8.99. The maximum Gasteiger partial charge on any atom is 0.123 e. The number of aliphatic hydroxyl groups excluding tert-OH is 1. The van der Waals surface area contributed by atoms with Crippen molar-refractivity contribution in [2.75, 3.05) is 13.7 Å². The van der Waals surface area contributed by atoms with Crippen LogP contribution in [0.1, 0.15) is 44.4 Å². The van der Waals surface area contributed by atoms with Crippen LogP contribution in [0.2, 0.25) is 0 Å². The van der Waals surface area contributed by atoms with Crippen LogP contribution < -0.4 is 10.1 Å². The van der Waals surface area contributed by atoms with Gasteiger partial charge in [-0.25, -0.2) is 0 Å². The van der Waals surface area contributed by atoms with E-state index in [-0.39, 0.29) is 18.1 Å². The highest BCUT2D eigenvalue weighted by Crippen LogP contribution is 2.28. The third-order valence-electron chi connectivity index (χ3n) is 3.51. The zero-order chi connectivity index (χ0) is 14.4. The summed E-state index contributed by atoms with van der Waals surface area (Å²) in [7, 11) is 1.70. The molecule has 2 unspecified atom stereocenters. The number of hydrogen-bond donors (Lipinski definition) is 2. The predicted octanol–water partition coefficient (Wildman–Crippen LogP) is 3.06. The Kier molecular flexibility index (Phi) is 6.32. The topological polar surface area (TPSA) is 41.5 Å². The van der Waals surface area contributed by atoms with Crippen molar-refractivity contribution < 1.29 is 9.84 Å². The molecule has 0 fully saturated rings. The summed E-state index contributed by atoms with van der Waals surface area (Å²) in [5.74, 6) is 1.17. The molecule has 1 rings (SSSR count). The van der Waals surface area contributed by atoms with Crippen molar-refractivity contribution in [3.8, 4) is 5.75 Å². The van der Waals surface area contributed by atoms with Crippen LogP contribution in [0.5, 0.6) is 5.75 Å². The van der Waals surface area contributed by atoms with Gasteiger partial charge in [0.15, 0.2) is 0 Å². The van der Waals surface area contributed by atoms with E-state index in [4.69, 9.17) is 4.74 Å². The summed E-state index contributed by atoms with van der Waals surface area (Å²) in [5.41, 5.74) is 2.39. The van der Waals surface area contributed by atoms with Crippen LogP contribution in [0.25, 0.3) is 0 Å². The molecule has 3 heteroatoms. The minimum absolute atomic E-state index is 0.211. The van der Waals surface area contributed by atoms with Crippen molar-refractivity contribution in [2.45, 2.75) is 46.3 Å². The molecular weight excluding hydrogens is 238 g/mol. The van der Waals surface area contributed by atoms with Gasteiger partial charge in [-0.15, -0.1) is 0 Å². The van der Waals surface area contributed by atoms with Gasteiger partial charge in [0.1, 0.15) is 5.75 Å². The Bertz CT molecular complexity index is 390. The molecule has 1 aromatic carbocycles. The van der Waals surface area contributed by atoms with Crippen LogP contribution in [0, 0.1) is 12.8 Å². The highest BCUT2D eigenvalue weighted by molar-refractivity contribution is 5.39. The van der Waals surface area contributed by atoms with Gasteiger partial charge in [-0.1, -0.05) is 38.5 Å². The van der Waals surface area contributed by atoms with E-state index in [0.29, 0.717) is 6.54 Å². The molecule has 0 saturated carbocycles. The van der Waals surface area contributed by atoms with Crippen molar-refractivity contribution in [1.29, 1.82) is 0 Å². The lowest BCUT2D eigenvalue weighted by molar-refractivity contribution is 0.119. The molecule has 2 N–H and O–H groups in total. The number of rotatable bonds is 7.